The average Bonchev–Trinajstić information content (AvgIpc) is 2.37. The Labute approximate surface area is 125 Å². The second kappa shape index (κ2) is 5.84. The Kier molecular flexibility index (Phi) is 4.57. The van der Waals surface area contributed by atoms with Crippen molar-refractivity contribution in [2.24, 2.45) is 5.41 Å². The smallest absolute Gasteiger partial charge is 0.0514 e. The molecule has 0 bridgehead atoms. The number of benzene rings is 1. The highest BCUT2D eigenvalue weighted by atomic mass is 79.9. The van der Waals surface area contributed by atoms with Crippen LogP contribution in [-0.2, 0) is 0 Å². The molecule has 1 aromatic carbocycles. The third-order valence-corrected chi connectivity index (χ3v) is 4.77. The molecule has 1 fully saturated rings. The lowest BCUT2D eigenvalue weighted by atomic mass is 9.84. The summed E-state index contributed by atoms with van der Waals surface area (Å²) in [5.41, 5.74) is 1.61. The van der Waals surface area contributed by atoms with Crippen LogP contribution in [0.4, 0.5) is 5.69 Å². The fourth-order valence-electron chi connectivity index (χ4n) is 2.72. The summed E-state index contributed by atoms with van der Waals surface area (Å²) in [4.78, 5) is 2.57. The molecule has 2 atom stereocenters. The minimum absolute atomic E-state index is 0.290. The molecule has 19 heavy (non-hydrogen) atoms. The fourth-order valence-corrected chi connectivity index (χ4v) is 3.24. The fraction of sp³-hybridized carbons (Fsp3) is 0.625. The van der Waals surface area contributed by atoms with Crippen LogP contribution in [-0.4, -0.2) is 25.2 Å². The van der Waals surface area contributed by atoms with Gasteiger partial charge in [-0.2, -0.15) is 0 Å². The van der Waals surface area contributed by atoms with E-state index >= 15 is 0 Å². The maximum absolute atomic E-state index is 3.72. The second-order valence-corrected chi connectivity index (χ2v) is 7.35. The summed E-state index contributed by atoms with van der Waals surface area (Å²) in [6, 6.07) is 9.67. The molecule has 2 nitrogen and oxygen atoms in total. The Hall–Kier alpha value is -0.540. The zero-order valence-electron chi connectivity index (χ0n) is 12.4. The SMILES string of the molecule is CCC1CNC(C(C)(C)C)CN1c1ccccc1Br. The molecule has 2 rings (SSSR count). The number of rotatable bonds is 2. The first-order chi connectivity index (χ1) is 8.93. The molecule has 1 aliphatic rings. The lowest BCUT2D eigenvalue weighted by Crippen LogP contribution is -2.60. The number of piperazine rings is 1. The topological polar surface area (TPSA) is 15.3 Å². The molecule has 0 radical (unpaired) electrons. The van der Waals surface area contributed by atoms with E-state index in [1.165, 1.54) is 16.6 Å². The number of halogens is 1. The van der Waals surface area contributed by atoms with E-state index in [0.29, 0.717) is 12.1 Å². The van der Waals surface area contributed by atoms with E-state index in [1.807, 2.05) is 0 Å². The van der Waals surface area contributed by atoms with Gasteiger partial charge in [0.05, 0.1) is 5.69 Å². The predicted molar refractivity (Wildman–Crippen MR) is 86.8 cm³/mol. The lowest BCUT2D eigenvalue weighted by Gasteiger charge is -2.46. The first kappa shape index (κ1) is 14.9. The molecule has 1 saturated heterocycles. The van der Waals surface area contributed by atoms with Gasteiger partial charge in [0.1, 0.15) is 0 Å². The standard InChI is InChI=1S/C16H25BrN2/c1-5-12-10-18-15(16(2,3)4)11-19(12)14-9-7-6-8-13(14)17/h6-9,12,15,18H,5,10-11H2,1-4H3. The van der Waals surface area contributed by atoms with Crippen LogP contribution in [0.3, 0.4) is 0 Å². The number of nitrogens with zero attached hydrogens (tertiary/aromatic N) is 1. The van der Waals surface area contributed by atoms with Crippen molar-refractivity contribution < 1.29 is 0 Å². The van der Waals surface area contributed by atoms with E-state index in [0.717, 1.165) is 13.1 Å². The number of hydrogen-bond acceptors (Lipinski definition) is 2. The Bertz CT molecular complexity index is 425. The minimum Gasteiger partial charge on any atom is -0.365 e. The molecule has 1 aliphatic heterocycles. The van der Waals surface area contributed by atoms with Crippen molar-refractivity contribution in [1.82, 2.24) is 5.32 Å². The van der Waals surface area contributed by atoms with Gasteiger partial charge in [0.15, 0.2) is 0 Å². The number of anilines is 1. The van der Waals surface area contributed by atoms with Crippen molar-refractivity contribution in [3.05, 3.63) is 28.7 Å². The van der Waals surface area contributed by atoms with Crippen molar-refractivity contribution in [2.75, 3.05) is 18.0 Å². The second-order valence-electron chi connectivity index (χ2n) is 6.49. The van der Waals surface area contributed by atoms with E-state index in [2.05, 4.69) is 78.1 Å². The molecule has 2 unspecified atom stereocenters. The zero-order chi connectivity index (χ0) is 14.0. The van der Waals surface area contributed by atoms with E-state index in [9.17, 15) is 0 Å². The molecule has 1 N–H and O–H groups in total. The quantitative estimate of drug-likeness (QED) is 0.882. The van der Waals surface area contributed by atoms with E-state index in [1.54, 1.807) is 0 Å². The summed E-state index contributed by atoms with van der Waals surface area (Å²) >= 11 is 3.70. The van der Waals surface area contributed by atoms with Gasteiger partial charge in [-0.25, -0.2) is 0 Å². The summed E-state index contributed by atoms with van der Waals surface area (Å²) in [6.45, 7) is 11.4. The van der Waals surface area contributed by atoms with Crippen LogP contribution >= 0.6 is 15.9 Å². The monoisotopic (exact) mass is 324 g/mol. The molecule has 0 aromatic heterocycles. The largest absolute Gasteiger partial charge is 0.365 e. The summed E-state index contributed by atoms with van der Waals surface area (Å²) < 4.78 is 1.20. The van der Waals surface area contributed by atoms with Gasteiger partial charge in [-0.15, -0.1) is 0 Å². The molecule has 1 aromatic rings. The van der Waals surface area contributed by atoms with Gasteiger partial charge in [0, 0.05) is 29.6 Å². The molecule has 0 aliphatic carbocycles. The lowest BCUT2D eigenvalue weighted by molar-refractivity contribution is 0.233. The predicted octanol–water partition coefficient (Wildman–Crippen LogP) is 4.05. The Balaban J connectivity index is 2.26. The van der Waals surface area contributed by atoms with Crippen LogP contribution in [0.5, 0.6) is 0 Å². The van der Waals surface area contributed by atoms with Crippen molar-refractivity contribution in [3.8, 4) is 0 Å². The molecule has 106 valence electrons. The van der Waals surface area contributed by atoms with E-state index in [4.69, 9.17) is 0 Å². The van der Waals surface area contributed by atoms with Crippen LogP contribution in [0.1, 0.15) is 34.1 Å². The molecule has 0 spiro atoms. The Morgan fingerprint density at radius 3 is 2.58 bits per heavy atom. The van der Waals surface area contributed by atoms with Gasteiger partial charge in [0.25, 0.3) is 0 Å². The van der Waals surface area contributed by atoms with Crippen LogP contribution in [0.25, 0.3) is 0 Å². The van der Waals surface area contributed by atoms with Gasteiger partial charge >= 0.3 is 0 Å². The summed E-state index contributed by atoms with van der Waals surface area (Å²) in [5, 5.41) is 3.72. The number of para-hydroxylation sites is 1. The molecule has 3 heteroatoms. The van der Waals surface area contributed by atoms with Crippen molar-refractivity contribution in [3.63, 3.8) is 0 Å². The van der Waals surface area contributed by atoms with Crippen molar-refractivity contribution >= 4 is 21.6 Å². The average molecular weight is 325 g/mol. The molecule has 0 saturated carbocycles. The highest BCUT2D eigenvalue weighted by Gasteiger charge is 2.33. The highest BCUT2D eigenvalue weighted by Crippen LogP contribution is 2.32. The molecule has 0 amide bonds. The number of nitrogens with one attached hydrogen (secondary N) is 1. The van der Waals surface area contributed by atoms with Gasteiger partial charge in [0.2, 0.25) is 0 Å². The van der Waals surface area contributed by atoms with Gasteiger partial charge in [-0.3, -0.25) is 0 Å². The van der Waals surface area contributed by atoms with Gasteiger partial charge in [-0.05, 0) is 39.9 Å². The first-order valence-electron chi connectivity index (χ1n) is 7.18. The normalized spacial score (nSPS) is 24.6. The summed E-state index contributed by atoms with van der Waals surface area (Å²) in [7, 11) is 0. The third-order valence-electron chi connectivity index (χ3n) is 4.10. The van der Waals surface area contributed by atoms with E-state index < -0.39 is 0 Å². The van der Waals surface area contributed by atoms with Crippen molar-refractivity contribution in [1.29, 1.82) is 0 Å². The summed E-state index contributed by atoms with van der Waals surface area (Å²) in [5.74, 6) is 0. The van der Waals surface area contributed by atoms with Gasteiger partial charge in [-0.1, -0.05) is 39.8 Å². The number of hydrogen-bond donors (Lipinski definition) is 1. The van der Waals surface area contributed by atoms with Crippen LogP contribution in [0.2, 0.25) is 0 Å². The van der Waals surface area contributed by atoms with Crippen molar-refractivity contribution in [2.45, 2.75) is 46.2 Å². The molecule has 1 heterocycles. The van der Waals surface area contributed by atoms with Crippen LogP contribution < -0.4 is 10.2 Å². The molecular formula is C16H25BrN2. The van der Waals surface area contributed by atoms with Gasteiger partial charge < -0.3 is 10.2 Å². The Morgan fingerprint density at radius 2 is 2.00 bits per heavy atom. The Morgan fingerprint density at radius 1 is 1.32 bits per heavy atom. The van der Waals surface area contributed by atoms with Crippen LogP contribution in [0, 0.1) is 5.41 Å². The minimum atomic E-state index is 0.290. The third kappa shape index (κ3) is 3.32. The summed E-state index contributed by atoms with van der Waals surface area (Å²) in [6.07, 6.45) is 1.17. The van der Waals surface area contributed by atoms with Crippen LogP contribution in [0.15, 0.2) is 28.7 Å². The first-order valence-corrected chi connectivity index (χ1v) is 7.97. The maximum atomic E-state index is 3.72. The van der Waals surface area contributed by atoms with E-state index in [-0.39, 0.29) is 5.41 Å². The highest BCUT2D eigenvalue weighted by molar-refractivity contribution is 9.10. The maximum Gasteiger partial charge on any atom is 0.0514 e. The molecular weight excluding hydrogens is 300 g/mol. The zero-order valence-corrected chi connectivity index (χ0v) is 14.0.